The molecule has 0 spiro atoms. The molecule has 1 saturated heterocycles. The van der Waals surface area contributed by atoms with Crippen molar-refractivity contribution >= 4 is 16.9 Å². The summed E-state index contributed by atoms with van der Waals surface area (Å²) in [6.45, 7) is 2.32. The highest BCUT2D eigenvalue weighted by Crippen LogP contribution is 2.34. The molecule has 176 valence electrons. The molecule has 1 atom stereocenters. The number of rotatable bonds is 6. The number of ether oxygens (including phenoxy) is 1. The zero-order valence-corrected chi connectivity index (χ0v) is 18.9. The number of amides is 1. The Kier molecular flexibility index (Phi) is 5.72. The Balaban J connectivity index is 1.43. The minimum absolute atomic E-state index is 0.0477. The van der Waals surface area contributed by atoms with Gasteiger partial charge >= 0.3 is 6.61 Å². The lowest BCUT2D eigenvalue weighted by atomic mass is 10.2. The fourth-order valence-electron chi connectivity index (χ4n) is 4.64. The number of nitrogens with zero attached hydrogens (tertiary/aromatic N) is 6. The molecule has 8 nitrogen and oxygen atoms in total. The molecule has 1 aliphatic rings. The molecular weight excluding hydrogens is 442 g/mol. The second kappa shape index (κ2) is 8.85. The van der Waals surface area contributed by atoms with Crippen LogP contribution in [-0.4, -0.2) is 48.5 Å². The van der Waals surface area contributed by atoms with E-state index in [-0.39, 0.29) is 23.4 Å². The van der Waals surface area contributed by atoms with Crippen molar-refractivity contribution in [3.05, 3.63) is 65.7 Å². The van der Waals surface area contributed by atoms with E-state index < -0.39 is 6.61 Å². The number of hydrogen-bond donors (Lipinski definition) is 0. The predicted molar refractivity (Wildman–Crippen MR) is 121 cm³/mol. The van der Waals surface area contributed by atoms with Crippen molar-refractivity contribution in [2.45, 2.75) is 45.9 Å². The van der Waals surface area contributed by atoms with E-state index in [2.05, 4.69) is 26.5 Å². The van der Waals surface area contributed by atoms with E-state index in [1.807, 2.05) is 29.2 Å². The zero-order valence-electron chi connectivity index (χ0n) is 18.9. The molecule has 5 rings (SSSR count). The first kappa shape index (κ1) is 22.0. The summed E-state index contributed by atoms with van der Waals surface area (Å²) in [7, 11) is 0. The maximum Gasteiger partial charge on any atom is 0.387 e. The molecule has 3 heterocycles. The Labute approximate surface area is 194 Å². The van der Waals surface area contributed by atoms with Crippen molar-refractivity contribution in [1.82, 2.24) is 29.4 Å². The highest BCUT2D eigenvalue weighted by Gasteiger charge is 2.36. The summed E-state index contributed by atoms with van der Waals surface area (Å²) in [6, 6.07) is 13.9. The van der Waals surface area contributed by atoms with Crippen molar-refractivity contribution in [2.75, 3.05) is 6.54 Å². The first-order valence-corrected chi connectivity index (χ1v) is 11.2. The van der Waals surface area contributed by atoms with Gasteiger partial charge in [0.05, 0.1) is 28.5 Å². The van der Waals surface area contributed by atoms with Gasteiger partial charge < -0.3 is 14.2 Å². The molecule has 1 fully saturated rings. The summed E-state index contributed by atoms with van der Waals surface area (Å²) in [6.07, 6.45) is 1.70. The predicted octanol–water partition coefficient (Wildman–Crippen LogP) is 4.52. The van der Waals surface area contributed by atoms with Crippen LogP contribution >= 0.6 is 0 Å². The number of aryl methyl sites for hydroxylation is 1. The molecule has 4 aromatic rings. The number of carbonyl (C=O) groups is 1. The molecule has 0 radical (unpaired) electrons. The number of para-hydroxylation sites is 2. The molecule has 1 aliphatic heterocycles. The van der Waals surface area contributed by atoms with E-state index in [0.29, 0.717) is 17.9 Å². The third-order valence-corrected chi connectivity index (χ3v) is 6.22. The standard InChI is InChI=1S/C24H24F2N6O2/c1-3-30-19-8-5-4-7-18(19)27-22(30)20-9-6-14-31(20)23(33)21-15(2)32(29-28-21)16-10-12-17(13-11-16)34-24(25)26/h4-5,7-8,10-13,20,24H,3,6,9,14H2,1-2H3. The number of fused-ring (bicyclic) bond motifs is 1. The monoisotopic (exact) mass is 466 g/mol. The van der Waals surface area contributed by atoms with Gasteiger partial charge in [-0.2, -0.15) is 8.78 Å². The van der Waals surface area contributed by atoms with Crippen molar-refractivity contribution < 1.29 is 18.3 Å². The minimum atomic E-state index is -2.89. The fourth-order valence-corrected chi connectivity index (χ4v) is 4.64. The second-order valence-corrected chi connectivity index (χ2v) is 8.17. The Bertz CT molecular complexity index is 1330. The molecule has 1 unspecified atom stereocenters. The lowest BCUT2D eigenvalue weighted by molar-refractivity contribution is -0.0498. The number of likely N-dealkylation sites (tertiary alicyclic amines) is 1. The highest BCUT2D eigenvalue weighted by atomic mass is 19.3. The normalized spacial score (nSPS) is 16.0. The number of alkyl halides is 2. The Morgan fingerprint density at radius 2 is 1.94 bits per heavy atom. The van der Waals surface area contributed by atoms with Crippen LogP contribution in [0, 0.1) is 6.92 Å². The molecule has 2 aromatic heterocycles. The third kappa shape index (κ3) is 3.78. The molecular formula is C24H24F2N6O2. The summed E-state index contributed by atoms with van der Waals surface area (Å²) in [5.41, 5.74) is 3.40. The van der Waals surface area contributed by atoms with Crippen LogP contribution in [0.2, 0.25) is 0 Å². The number of aromatic nitrogens is 5. The average molecular weight is 466 g/mol. The zero-order chi connectivity index (χ0) is 23.8. The number of carbonyl (C=O) groups excluding carboxylic acids is 1. The number of halogens is 2. The van der Waals surface area contributed by atoms with Crippen molar-refractivity contribution in [3.63, 3.8) is 0 Å². The molecule has 0 bridgehead atoms. The van der Waals surface area contributed by atoms with Gasteiger partial charge in [0.25, 0.3) is 5.91 Å². The molecule has 10 heteroatoms. The Morgan fingerprint density at radius 1 is 1.18 bits per heavy atom. The van der Waals surface area contributed by atoms with E-state index >= 15 is 0 Å². The van der Waals surface area contributed by atoms with Crippen LogP contribution in [0.25, 0.3) is 16.7 Å². The smallest absolute Gasteiger partial charge is 0.387 e. The van der Waals surface area contributed by atoms with Gasteiger partial charge in [0.15, 0.2) is 5.69 Å². The van der Waals surface area contributed by atoms with E-state index in [4.69, 9.17) is 4.98 Å². The summed E-state index contributed by atoms with van der Waals surface area (Å²) in [5.74, 6) is 0.736. The molecule has 2 aromatic carbocycles. The maximum atomic E-state index is 13.6. The average Bonchev–Trinajstić information content (AvgIpc) is 3.55. The summed E-state index contributed by atoms with van der Waals surface area (Å²) >= 11 is 0. The summed E-state index contributed by atoms with van der Waals surface area (Å²) in [4.78, 5) is 20.2. The van der Waals surface area contributed by atoms with Crippen LogP contribution in [0.15, 0.2) is 48.5 Å². The highest BCUT2D eigenvalue weighted by molar-refractivity contribution is 5.94. The van der Waals surface area contributed by atoms with Gasteiger partial charge in [0, 0.05) is 13.1 Å². The van der Waals surface area contributed by atoms with Gasteiger partial charge in [-0.15, -0.1) is 5.10 Å². The topological polar surface area (TPSA) is 78.1 Å². The van der Waals surface area contributed by atoms with Crippen LogP contribution in [0.3, 0.4) is 0 Å². The molecule has 0 saturated carbocycles. The summed E-state index contributed by atoms with van der Waals surface area (Å²) in [5, 5.41) is 8.31. The van der Waals surface area contributed by atoms with Crippen LogP contribution in [0.1, 0.15) is 47.8 Å². The minimum Gasteiger partial charge on any atom is -0.435 e. The molecule has 0 aliphatic carbocycles. The number of benzene rings is 2. The Morgan fingerprint density at radius 3 is 2.68 bits per heavy atom. The van der Waals surface area contributed by atoms with Gasteiger partial charge in [0.1, 0.15) is 11.6 Å². The van der Waals surface area contributed by atoms with Gasteiger partial charge in [-0.25, -0.2) is 9.67 Å². The van der Waals surface area contributed by atoms with Crippen molar-refractivity contribution in [3.8, 4) is 11.4 Å². The first-order valence-electron chi connectivity index (χ1n) is 11.2. The SMILES string of the molecule is CCn1c(C2CCCN2C(=O)c2nnn(-c3ccc(OC(F)F)cc3)c2C)nc2ccccc21. The van der Waals surface area contributed by atoms with E-state index in [0.717, 1.165) is 36.2 Å². The first-order chi connectivity index (χ1) is 16.5. The van der Waals surface area contributed by atoms with Gasteiger partial charge in [-0.3, -0.25) is 4.79 Å². The van der Waals surface area contributed by atoms with E-state index in [1.54, 1.807) is 19.1 Å². The summed E-state index contributed by atoms with van der Waals surface area (Å²) < 4.78 is 32.9. The number of hydrogen-bond acceptors (Lipinski definition) is 5. The van der Waals surface area contributed by atoms with Crippen LogP contribution in [0.4, 0.5) is 8.78 Å². The number of imidazole rings is 1. The van der Waals surface area contributed by atoms with Crippen LogP contribution in [-0.2, 0) is 6.54 Å². The quantitative estimate of drug-likeness (QED) is 0.417. The largest absolute Gasteiger partial charge is 0.435 e. The molecule has 0 N–H and O–H groups in total. The van der Waals surface area contributed by atoms with E-state index in [1.165, 1.54) is 16.8 Å². The van der Waals surface area contributed by atoms with Gasteiger partial charge in [-0.05, 0) is 63.1 Å². The lowest BCUT2D eigenvalue weighted by Crippen LogP contribution is -2.32. The lowest BCUT2D eigenvalue weighted by Gasteiger charge is -2.24. The second-order valence-electron chi connectivity index (χ2n) is 8.17. The Hall–Kier alpha value is -3.82. The molecule has 1 amide bonds. The van der Waals surface area contributed by atoms with Crippen molar-refractivity contribution in [2.24, 2.45) is 0 Å². The van der Waals surface area contributed by atoms with Crippen LogP contribution in [0.5, 0.6) is 5.75 Å². The van der Waals surface area contributed by atoms with Gasteiger partial charge in [0.2, 0.25) is 0 Å². The third-order valence-electron chi connectivity index (χ3n) is 6.22. The van der Waals surface area contributed by atoms with Gasteiger partial charge in [-0.1, -0.05) is 17.3 Å². The molecule has 34 heavy (non-hydrogen) atoms. The van der Waals surface area contributed by atoms with E-state index in [9.17, 15) is 13.6 Å². The van der Waals surface area contributed by atoms with Crippen LogP contribution < -0.4 is 4.74 Å². The van der Waals surface area contributed by atoms with Crippen molar-refractivity contribution in [1.29, 1.82) is 0 Å². The maximum absolute atomic E-state index is 13.6. The fraction of sp³-hybridized carbons (Fsp3) is 0.333.